The van der Waals surface area contributed by atoms with E-state index in [1.807, 2.05) is 31.2 Å². The van der Waals surface area contributed by atoms with Gasteiger partial charge in [-0.2, -0.15) is 5.10 Å². The molecule has 0 spiro atoms. The molecule has 0 aliphatic carbocycles. The van der Waals surface area contributed by atoms with E-state index < -0.39 is 0 Å². The van der Waals surface area contributed by atoms with E-state index in [9.17, 15) is 0 Å². The lowest BCUT2D eigenvalue weighted by molar-refractivity contribution is 1.20. The second-order valence-corrected chi connectivity index (χ2v) is 3.72. The van der Waals surface area contributed by atoms with Crippen molar-refractivity contribution in [3.05, 3.63) is 29.8 Å². The van der Waals surface area contributed by atoms with Gasteiger partial charge in [-0.3, -0.25) is 0 Å². The van der Waals surface area contributed by atoms with Gasteiger partial charge in [0.1, 0.15) is 0 Å². The molecule has 1 rings (SSSR count). The van der Waals surface area contributed by atoms with E-state index in [0.29, 0.717) is 5.71 Å². The molecule has 98 valence electrons. The highest BCUT2D eigenvalue weighted by Crippen LogP contribution is 2.10. The number of rotatable bonds is 3. The quantitative estimate of drug-likeness (QED) is 0.283. The lowest BCUT2D eigenvalue weighted by atomic mass is 10.1. The van der Waals surface area contributed by atoms with Crippen molar-refractivity contribution in [3.63, 3.8) is 0 Å². The van der Waals surface area contributed by atoms with Gasteiger partial charge in [-0.1, -0.05) is 12.1 Å². The van der Waals surface area contributed by atoms with Gasteiger partial charge >= 0.3 is 0 Å². The number of anilines is 1. The third-order valence-electron chi connectivity index (χ3n) is 1.89. The summed E-state index contributed by atoms with van der Waals surface area (Å²) in [6.07, 6.45) is 0. The molecule has 6 nitrogen and oxygen atoms in total. The first-order valence-corrected chi connectivity index (χ1v) is 5.20. The summed E-state index contributed by atoms with van der Waals surface area (Å²) in [7, 11) is 0. The minimum Gasteiger partial charge on any atom is -0.376 e. The first-order valence-electron chi connectivity index (χ1n) is 4.79. The van der Waals surface area contributed by atoms with E-state index >= 15 is 0 Å². The number of benzene rings is 1. The van der Waals surface area contributed by atoms with Gasteiger partial charge < -0.3 is 22.5 Å². The Bertz CT molecular complexity index is 464. The summed E-state index contributed by atoms with van der Waals surface area (Å²) in [5.74, 6) is -0.0730. The summed E-state index contributed by atoms with van der Waals surface area (Å²) in [6.45, 7) is 1.81. The van der Waals surface area contributed by atoms with Gasteiger partial charge in [0.15, 0.2) is 5.11 Å². The van der Waals surface area contributed by atoms with Gasteiger partial charge in [-0.05, 0) is 36.8 Å². The van der Waals surface area contributed by atoms with Crippen LogP contribution < -0.4 is 22.5 Å². The number of nitrogens with two attached hydrogens (primary N) is 3. The summed E-state index contributed by atoms with van der Waals surface area (Å²) in [5.41, 5.74) is 18.1. The fraction of sp³-hybridized carbons (Fsp3) is 0.100. The van der Waals surface area contributed by atoms with E-state index in [1.165, 1.54) is 0 Å². The zero-order valence-corrected chi connectivity index (χ0v) is 11.4. The van der Waals surface area contributed by atoms with E-state index in [2.05, 4.69) is 15.5 Å². The number of guanidine groups is 1. The van der Waals surface area contributed by atoms with Crippen LogP contribution in [-0.2, 0) is 0 Å². The molecule has 0 aliphatic rings. The van der Waals surface area contributed by atoms with Crippen LogP contribution in [0.3, 0.4) is 0 Å². The fourth-order valence-electron chi connectivity index (χ4n) is 1.13. The van der Waals surface area contributed by atoms with Crippen molar-refractivity contribution in [3.8, 4) is 0 Å². The van der Waals surface area contributed by atoms with Gasteiger partial charge in [-0.15, -0.1) is 17.5 Å². The topological polar surface area (TPSA) is 115 Å². The van der Waals surface area contributed by atoms with E-state index in [1.54, 1.807) is 0 Å². The zero-order chi connectivity index (χ0) is 12.8. The molecule has 0 fully saturated rings. The molecule has 0 bridgehead atoms. The Hall–Kier alpha value is -1.86. The highest BCUT2D eigenvalue weighted by atomic mass is 35.5. The van der Waals surface area contributed by atoms with Crippen molar-refractivity contribution in [1.82, 2.24) is 0 Å². The molecule has 0 aromatic heterocycles. The SMILES string of the molecule is C/C(=N\N=C(N)N)c1ccc(NC(N)=S)cc1.Cl. The molecule has 0 atom stereocenters. The summed E-state index contributed by atoms with van der Waals surface area (Å²) in [5, 5.41) is 10.5. The first-order chi connectivity index (χ1) is 7.99. The molecular weight excluding hydrogens is 272 g/mol. The minimum atomic E-state index is -0.0730. The average molecular weight is 287 g/mol. The van der Waals surface area contributed by atoms with Crippen LogP contribution in [0.2, 0.25) is 0 Å². The monoisotopic (exact) mass is 286 g/mol. The number of halogens is 1. The Morgan fingerprint density at radius 1 is 1.11 bits per heavy atom. The molecule has 0 heterocycles. The molecule has 1 aromatic carbocycles. The molecule has 0 radical (unpaired) electrons. The van der Waals surface area contributed by atoms with Crippen molar-refractivity contribution in [2.45, 2.75) is 6.92 Å². The van der Waals surface area contributed by atoms with Gasteiger partial charge in [0, 0.05) is 5.69 Å². The van der Waals surface area contributed by atoms with Crippen molar-refractivity contribution >= 4 is 47.1 Å². The summed E-state index contributed by atoms with van der Waals surface area (Å²) in [4.78, 5) is 0. The number of nitrogens with zero attached hydrogens (tertiary/aromatic N) is 2. The number of hydrogen-bond acceptors (Lipinski definition) is 3. The van der Waals surface area contributed by atoms with Crippen LogP contribution in [0.5, 0.6) is 0 Å². The van der Waals surface area contributed by atoms with Crippen LogP contribution in [0.15, 0.2) is 34.5 Å². The summed E-state index contributed by atoms with van der Waals surface area (Å²) >= 11 is 4.73. The number of thiocarbonyl (C=S) groups is 1. The Morgan fingerprint density at radius 3 is 2.11 bits per heavy atom. The van der Waals surface area contributed by atoms with Crippen molar-refractivity contribution in [1.29, 1.82) is 0 Å². The van der Waals surface area contributed by atoms with Crippen molar-refractivity contribution < 1.29 is 0 Å². The number of nitrogens with one attached hydrogen (secondary N) is 1. The van der Waals surface area contributed by atoms with Gasteiger partial charge in [-0.25, -0.2) is 0 Å². The van der Waals surface area contributed by atoms with Crippen LogP contribution in [0, 0.1) is 0 Å². The van der Waals surface area contributed by atoms with Crippen LogP contribution in [-0.4, -0.2) is 16.8 Å². The number of hydrogen-bond donors (Lipinski definition) is 4. The molecule has 0 unspecified atom stereocenters. The predicted octanol–water partition coefficient (Wildman–Crippen LogP) is 0.761. The summed E-state index contributed by atoms with van der Waals surface area (Å²) in [6, 6.07) is 7.40. The second kappa shape index (κ2) is 7.46. The third-order valence-corrected chi connectivity index (χ3v) is 1.99. The molecular formula is C10H15ClN6S. The highest BCUT2D eigenvalue weighted by Gasteiger charge is 1.98. The Labute approximate surface area is 117 Å². The smallest absolute Gasteiger partial charge is 0.211 e. The average Bonchev–Trinajstić information content (AvgIpc) is 2.26. The first kappa shape index (κ1) is 16.1. The molecule has 0 saturated heterocycles. The van der Waals surface area contributed by atoms with Crippen LogP contribution in [0.1, 0.15) is 12.5 Å². The lowest BCUT2D eigenvalue weighted by Crippen LogP contribution is -2.22. The minimum absolute atomic E-state index is 0. The molecule has 0 aliphatic heterocycles. The molecule has 7 N–H and O–H groups in total. The second-order valence-electron chi connectivity index (χ2n) is 3.28. The maximum atomic E-state index is 5.35. The van der Waals surface area contributed by atoms with E-state index in [0.717, 1.165) is 11.3 Å². The van der Waals surface area contributed by atoms with Gasteiger partial charge in [0.05, 0.1) is 5.71 Å². The normalized spacial score (nSPS) is 10.2. The van der Waals surface area contributed by atoms with Gasteiger partial charge in [0.25, 0.3) is 0 Å². The molecule has 18 heavy (non-hydrogen) atoms. The van der Waals surface area contributed by atoms with E-state index in [4.69, 9.17) is 29.4 Å². The standard InChI is InChI=1S/C10H14N6S.ClH/c1-6(15-16-9(11)12)7-2-4-8(5-3-7)14-10(13)17;/h2-5H,1H3,(H4,11,12,16)(H3,13,14,17);1H/b15-6+;. The maximum absolute atomic E-state index is 5.35. The Morgan fingerprint density at radius 2 is 1.67 bits per heavy atom. The molecule has 0 saturated carbocycles. The highest BCUT2D eigenvalue weighted by molar-refractivity contribution is 7.80. The maximum Gasteiger partial charge on any atom is 0.211 e. The van der Waals surface area contributed by atoms with Crippen molar-refractivity contribution in [2.24, 2.45) is 27.4 Å². The Balaban J connectivity index is 0.00000289. The fourth-order valence-corrected chi connectivity index (χ4v) is 1.25. The Kier molecular flexibility index (Phi) is 6.69. The van der Waals surface area contributed by atoms with Crippen molar-refractivity contribution in [2.75, 3.05) is 5.32 Å². The van der Waals surface area contributed by atoms with Crippen LogP contribution in [0.4, 0.5) is 5.69 Å². The van der Waals surface area contributed by atoms with Gasteiger partial charge in [0.2, 0.25) is 5.96 Å². The third kappa shape index (κ3) is 5.46. The summed E-state index contributed by atoms with van der Waals surface area (Å²) < 4.78 is 0. The molecule has 8 heteroatoms. The molecule has 1 aromatic rings. The predicted molar refractivity (Wildman–Crippen MR) is 82.1 cm³/mol. The van der Waals surface area contributed by atoms with E-state index in [-0.39, 0.29) is 23.5 Å². The zero-order valence-electron chi connectivity index (χ0n) is 9.75. The van der Waals surface area contributed by atoms with Crippen LogP contribution in [0.25, 0.3) is 0 Å². The lowest BCUT2D eigenvalue weighted by Gasteiger charge is -2.04. The largest absolute Gasteiger partial charge is 0.376 e. The molecule has 0 amide bonds. The van der Waals surface area contributed by atoms with Crippen LogP contribution >= 0.6 is 24.6 Å².